The van der Waals surface area contributed by atoms with Crippen molar-refractivity contribution in [3.63, 3.8) is 0 Å². The van der Waals surface area contributed by atoms with Crippen LogP contribution < -0.4 is 5.56 Å². The van der Waals surface area contributed by atoms with Crippen molar-refractivity contribution in [3.05, 3.63) is 57.2 Å². The van der Waals surface area contributed by atoms with E-state index in [2.05, 4.69) is 15.2 Å². The van der Waals surface area contributed by atoms with Gasteiger partial charge in [-0.3, -0.25) is 4.79 Å². The summed E-state index contributed by atoms with van der Waals surface area (Å²) >= 11 is 5.80. The third-order valence-corrected chi connectivity index (χ3v) is 3.00. The summed E-state index contributed by atoms with van der Waals surface area (Å²) in [7, 11) is 0. The van der Waals surface area contributed by atoms with Crippen LogP contribution in [0.25, 0.3) is 11.1 Å². The summed E-state index contributed by atoms with van der Waals surface area (Å²) in [5.41, 5.74) is 1.21. The number of halogens is 1. The lowest BCUT2D eigenvalue weighted by Gasteiger charge is -1.97. The van der Waals surface area contributed by atoms with Crippen molar-refractivity contribution >= 4 is 28.9 Å². The summed E-state index contributed by atoms with van der Waals surface area (Å²) in [5.74, 6) is 0. The van der Waals surface area contributed by atoms with E-state index in [1.54, 1.807) is 37.4 Å². The van der Waals surface area contributed by atoms with Gasteiger partial charge in [-0.1, -0.05) is 28.9 Å². The standard InChI is InChI=1S/C13H9ClN4O2/c1-8-11-12(20-17-8)15-7-18(13(11)19)16-6-9-2-4-10(14)5-3-9/h2-7H,1H3/b16-6+. The average Bonchev–Trinajstić information content (AvgIpc) is 2.82. The Morgan fingerprint density at radius 1 is 1.35 bits per heavy atom. The summed E-state index contributed by atoms with van der Waals surface area (Å²) in [6.45, 7) is 1.68. The highest BCUT2D eigenvalue weighted by molar-refractivity contribution is 6.30. The minimum atomic E-state index is -0.320. The van der Waals surface area contributed by atoms with Crippen LogP contribution in [0, 0.1) is 6.92 Å². The minimum absolute atomic E-state index is 0.213. The number of fused-ring (bicyclic) bond motifs is 1. The molecule has 0 aliphatic carbocycles. The fourth-order valence-electron chi connectivity index (χ4n) is 1.73. The number of hydrogen-bond acceptors (Lipinski definition) is 5. The molecule has 2 aromatic heterocycles. The molecule has 20 heavy (non-hydrogen) atoms. The maximum atomic E-state index is 12.2. The fraction of sp³-hybridized carbons (Fsp3) is 0.0769. The van der Waals surface area contributed by atoms with Crippen molar-refractivity contribution in [2.45, 2.75) is 6.92 Å². The molecule has 3 aromatic rings. The summed E-state index contributed by atoms with van der Waals surface area (Å²) in [5, 5.41) is 8.76. The molecule has 1 aromatic carbocycles. The van der Waals surface area contributed by atoms with Crippen LogP contribution in [0.15, 0.2) is 45.0 Å². The van der Waals surface area contributed by atoms with Crippen LogP contribution in [0.2, 0.25) is 5.02 Å². The molecule has 0 N–H and O–H groups in total. The van der Waals surface area contributed by atoms with Crippen molar-refractivity contribution in [2.24, 2.45) is 5.10 Å². The molecule has 100 valence electrons. The van der Waals surface area contributed by atoms with Crippen LogP contribution in [0.4, 0.5) is 0 Å². The first-order chi connectivity index (χ1) is 9.65. The van der Waals surface area contributed by atoms with E-state index in [1.165, 1.54) is 6.33 Å². The van der Waals surface area contributed by atoms with Crippen LogP contribution in [-0.4, -0.2) is 21.0 Å². The summed E-state index contributed by atoms with van der Waals surface area (Å²) in [4.78, 5) is 16.2. The van der Waals surface area contributed by atoms with Gasteiger partial charge in [0.1, 0.15) is 11.7 Å². The molecule has 0 aliphatic rings. The largest absolute Gasteiger partial charge is 0.335 e. The van der Waals surface area contributed by atoms with E-state index in [1.807, 2.05) is 0 Å². The predicted molar refractivity (Wildman–Crippen MR) is 75.2 cm³/mol. The maximum Gasteiger partial charge on any atom is 0.287 e. The summed E-state index contributed by atoms with van der Waals surface area (Å²) in [6, 6.07) is 7.09. The van der Waals surface area contributed by atoms with E-state index in [9.17, 15) is 4.79 Å². The van der Waals surface area contributed by atoms with E-state index in [0.717, 1.165) is 10.2 Å². The molecule has 0 amide bonds. The molecule has 0 saturated heterocycles. The number of aryl methyl sites for hydroxylation is 1. The molecule has 3 rings (SSSR count). The van der Waals surface area contributed by atoms with Gasteiger partial charge in [-0.15, -0.1) is 0 Å². The maximum absolute atomic E-state index is 12.2. The monoisotopic (exact) mass is 288 g/mol. The van der Waals surface area contributed by atoms with Gasteiger partial charge in [0.05, 0.1) is 11.9 Å². The third kappa shape index (κ3) is 2.21. The quantitative estimate of drug-likeness (QED) is 0.678. The smallest absolute Gasteiger partial charge is 0.287 e. The van der Waals surface area contributed by atoms with E-state index in [-0.39, 0.29) is 11.3 Å². The van der Waals surface area contributed by atoms with Gasteiger partial charge >= 0.3 is 0 Å². The van der Waals surface area contributed by atoms with Crippen molar-refractivity contribution in [1.82, 2.24) is 14.8 Å². The van der Waals surface area contributed by atoms with Gasteiger partial charge < -0.3 is 4.52 Å². The topological polar surface area (TPSA) is 73.3 Å². The summed E-state index contributed by atoms with van der Waals surface area (Å²) in [6.07, 6.45) is 2.84. The highest BCUT2D eigenvalue weighted by atomic mass is 35.5. The van der Waals surface area contributed by atoms with Crippen LogP contribution in [0.3, 0.4) is 0 Å². The van der Waals surface area contributed by atoms with E-state index in [4.69, 9.17) is 16.1 Å². The van der Waals surface area contributed by atoms with Crippen LogP contribution >= 0.6 is 11.6 Å². The van der Waals surface area contributed by atoms with Crippen molar-refractivity contribution in [1.29, 1.82) is 0 Å². The Morgan fingerprint density at radius 3 is 2.85 bits per heavy atom. The second-order valence-corrected chi connectivity index (χ2v) is 4.57. The molecule has 0 saturated carbocycles. The molecule has 0 unspecified atom stereocenters. The Hall–Kier alpha value is -2.47. The molecule has 0 fully saturated rings. The SMILES string of the molecule is Cc1noc2ncn(/N=C/c3ccc(Cl)cc3)c(=O)c12. The highest BCUT2D eigenvalue weighted by Crippen LogP contribution is 2.10. The van der Waals surface area contributed by atoms with Crippen LogP contribution in [0.1, 0.15) is 11.3 Å². The molecule has 7 heteroatoms. The highest BCUT2D eigenvalue weighted by Gasteiger charge is 2.11. The number of hydrogen-bond donors (Lipinski definition) is 0. The minimum Gasteiger partial charge on any atom is -0.335 e. The molecule has 0 atom stereocenters. The molecular formula is C13H9ClN4O2. The molecular weight excluding hydrogens is 280 g/mol. The Morgan fingerprint density at radius 2 is 2.10 bits per heavy atom. The zero-order valence-corrected chi connectivity index (χ0v) is 11.2. The lowest BCUT2D eigenvalue weighted by Crippen LogP contribution is -2.17. The second-order valence-electron chi connectivity index (χ2n) is 4.14. The number of nitrogens with zero attached hydrogens (tertiary/aromatic N) is 4. The second kappa shape index (κ2) is 4.90. The normalized spacial score (nSPS) is 11.5. The average molecular weight is 289 g/mol. The number of benzene rings is 1. The molecule has 0 spiro atoms. The van der Waals surface area contributed by atoms with Gasteiger partial charge in [-0.05, 0) is 24.6 Å². The van der Waals surface area contributed by atoms with E-state index >= 15 is 0 Å². The van der Waals surface area contributed by atoms with Gasteiger partial charge in [-0.25, -0.2) is 0 Å². The Kier molecular flexibility index (Phi) is 3.08. The number of rotatable bonds is 2. The van der Waals surface area contributed by atoms with E-state index < -0.39 is 0 Å². The lowest BCUT2D eigenvalue weighted by atomic mass is 10.2. The van der Waals surface area contributed by atoms with Gasteiger partial charge in [0.2, 0.25) is 0 Å². The van der Waals surface area contributed by atoms with Crippen LogP contribution in [0.5, 0.6) is 0 Å². The molecule has 0 radical (unpaired) electrons. The first-order valence-corrected chi connectivity index (χ1v) is 6.16. The Labute approximate surface area is 118 Å². The zero-order valence-electron chi connectivity index (χ0n) is 10.4. The van der Waals surface area contributed by atoms with Crippen molar-refractivity contribution in [2.75, 3.05) is 0 Å². The molecule has 6 nitrogen and oxygen atoms in total. The van der Waals surface area contributed by atoms with Crippen molar-refractivity contribution in [3.8, 4) is 0 Å². The summed E-state index contributed by atoms with van der Waals surface area (Å²) < 4.78 is 6.06. The Balaban J connectivity index is 2.02. The van der Waals surface area contributed by atoms with E-state index in [0.29, 0.717) is 16.1 Å². The zero-order chi connectivity index (χ0) is 14.1. The first-order valence-electron chi connectivity index (χ1n) is 5.79. The van der Waals surface area contributed by atoms with Crippen molar-refractivity contribution < 1.29 is 4.52 Å². The fourth-order valence-corrected chi connectivity index (χ4v) is 1.85. The lowest BCUT2D eigenvalue weighted by molar-refractivity contribution is 0.442. The molecule has 2 heterocycles. The van der Waals surface area contributed by atoms with Gasteiger partial charge in [0.25, 0.3) is 11.3 Å². The molecule has 0 aliphatic heterocycles. The first kappa shape index (κ1) is 12.6. The molecule has 0 bridgehead atoms. The van der Waals surface area contributed by atoms with Gasteiger partial charge in [0, 0.05) is 5.02 Å². The Bertz CT molecular complexity index is 849. The van der Waals surface area contributed by atoms with Crippen LogP contribution in [-0.2, 0) is 0 Å². The van der Waals surface area contributed by atoms with Gasteiger partial charge in [-0.2, -0.15) is 14.8 Å². The number of aromatic nitrogens is 3. The third-order valence-electron chi connectivity index (χ3n) is 2.75. The predicted octanol–water partition coefficient (Wildman–Crippen LogP) is 2.23. The van der Waals surface area contributed by atoms with Gasteiger partial charge in [0.15, 0.2) is 0 Å².